The van der Waals surface area contributed by atoms with Gasteiger partial charge in [0.15, 0.2) is 0 Å². The molecule has 3 heteroatoms. The molecule has 0 amide bonds. The van der Waals surface area contributed by atoms with Crippen LogP contribution >= 0.6 is 0 Å². The topological polar surface area (TPSA) is 25.4 Å². The van der Waals surface area contributed by atoms with E-state index in [0.29, 0.717) is 0 Å². The zero-order valence-electron chi connectivity index (χ0n) is 21.9. The number of methoxy groups -OCH3 is 1. The van der Waals surface area contributed by atoms with E-state index in [0.717, 1.165) is 56.0 Å². The van der Waals surface area contributed by atoms with Crippen molar-refractivity contribution in [1.82, 2.24) is 9.88 Å². The molecule has 34 heavy (non-hydrogen) atoms. The molecule has 0 bridgehead atoms. The molecular formula is C31H42N2O. The highest BCUT2D eigenvalue weighted by Crippen LogP contribution is 2.33. The lowest BCUT2D eigenvalue weighted by Gasteiger charge is -2.25. The van der Waals surface area contributed by atoms with Crippen LogP contribution in [0.5, 0.6) is 5.75 Å². The lowest BCUT2D eigenvalue weighted by atomic mass is 9.94. The maximum Gasteiger partial charge on any atom is 0.127 e. The molecule has 1 heterocycles. The summed E-state index contributed by atoms with van der Waals surface area (Å²) in [5, 5.41) is 0. The van der Waals surface area contributed by atoms with E-state index in [4.69, 9.17) is 9.72 Å². The summed E-state index contributed by atoms with van der Waals surface area (Å²) in [4.78, 5) is 7.71. The van der Waals surface area contributed by atoms with Crippen LogP contribution in [-0.4, -0.2) is 30.1 Å². The van der Waals surface area contributed by atoms with Crippen molar-refractivity contribution in [1.29, 1.82) is 0 Å². The van der Waals surface area contributed by atoms with Crippen molar-refractivity contribution >= 4 is 0 Å². The van der Waals surface area contributed by atoms with Gasteiger partial charge in [0.1, 0.15) is 5.75 Å². The second kappa shape index (κ2) is 13.3. The molecule has 3 aromatic rings. The summed E-state index contributed by atoms with van der Waals surface area (Å²) in [5.41, 5.74) is 8.70. The zero-order valence-corrected chi connectivity index (χ0v) is 21.9. The predicted octanol–water partition coefficient (Wildman–Crippen LogP) is 7.43. The molecule has 0 atom stereocenters. The predicted molar refractivity (Wildman–Crippen MR) is 145 cm³/mol. The van der Waals surface area contributed by atoms with Crippen LogP contribution in [-0.2, 0) is 25.8 Å². The molecule has 1 aromatic heterocycles. The summed E-state index contributed by atoms with van der Waals surface area (Å²) in [6, 6.07) is 19.6. The number of rotatable bonds is 13. The Bertz CT molecular complexity index is 1010. The van der Waals surface area contributed by atoms with Gasteiger partial charge in [-0.3, -0.25) is 9.88 Å². The van der Waals surface area contributed by atoms with Crippen LogP contribution in [0, 0.1) is 6.92 Å². The van der Waals surface area contributed by atoms with Gasteiger partial charge in [0.05, 0.1) is 12.8 Å². The molecule has 0 radical (unpaired) electrons. The Morgan fingerprint density at radius 1 is 0.853 bits per heavy atom. The van der Waals surface area contributed by atoms with E-state index in [1.54, 1.807) is 7.11 Å². The molecule has 3 rings (SSSR count). The average Bonchev–Trinajstić information content (AvgIpc) is 2.88. The van der Waals surface area contributed by atoms with E-state index in [2.05, 4.69) is 87.2 Å². The minimum absolute atomic E-state index is 0.870. The molecular weight excluding hydrogens is 416 g/mol. The number of hydrogen-bond donors (Lipinski definition) is 0. The number of unbranched alkanes of at least 4 members (excludes halogenated alkanes) is 2. The Balaban J connectivity index is 1.90. The quantitative estimate of drug-likeness (QED) is 0.249. The molecule has 0 aliphatic heterocycles. The van der Waals surface area contributed by atoms with Crippen molar-refractivity contribution in [2.24, 2.45) is 0 Å². The summed E-state index contributed by atoms with van der Waals surface area (Å²) in [5.74, 6) is 0.954. The minimum Gasteiger partial charge on any atom is -0.496 e. The Labute approximate surface area is 207 Å². The molecule has 0 N–H and O–H groups in total. The van der Waals surface area contributed by atoms with Gasteiger partial charge >= 0.3 is 0 Å². The fraction of sp³-hybridized carbons (Fsp3) is 0.452. The van der Waals surface area contributed by atoms with Crippen molar-refractivity contribution < 1.29 is 4.74 Å². The smallest absolute Gasteiger partial charge is 0.127 e. The maximum absolute atomic E-state index is 5.96. The number of ether oxygens (including phenoxy) is 1. The average molecular weight is 459 g/mol. The molecule has 0 saturated heterocycles. The van der Waals surface area contributed by atoms with Crippen molar-refractivity contribution in [2.45, 2.75) is 72.8 Å². The summed E-state index contributed by atoms with van der Waals surface area (Å²) in [7, 11) is 1.79. The van der Waals surface area contributed by atoms with Gasteiger partial charge in [0, 0.05) is 36.0 Å². The number of aromatic nitrogens is 1. The molecule has 0 spiro atoms. The van der Waals surface area contributed by atoms with Crippen LogP contribution in [0.15, 0.2) is 54.6 Å². The fourth-order valence-electron chi connectivity index (χ4n) is 4.75. The van der Waals surface area contributed by atoms with Crippen LogP contribution in [0.3, 0.4) is 0 Å². The zero-order chi connectivity index (χ0) is 24.3. The van der Waals surface area contributed by atoms with Gasteiger partial charge in [0.25, 0.3) is 0 Å². The van der Waals surface area contributed by atoms with E-state index in [1.807, 2.05) is 0 Å². The highest BCUT2D eigenvalue weighted by molar-refractivity contribution is 5.70. The standard InChI is InChI=1S/C31H42N2O/c1-6-9-13-20-33(21-19-25-15-11-10-12-16-25)23-28-24(4)32-29(22-30(28)34-5)31-26(7-2)17-14-18-27(31)8-3/h10-12,14-18,22H,6-9,13,19-21,23H2,1-5H3. The van der Waals surface area contributed by atoms with Crippen LogP contribution in [0.25, 0.3) is 11.3 Å². The van der Waals surface area contributed by atoms with E-state index < -0.39 is 0 Å². The largest absolute Gasteiger partial charge is 0.496 e. The first-order chi connectivity index (χ1) is 16.6. The minimum atomic E-state index is 0.870. The third kappa shape index (κ3) is 6.70. The maximum atomic E-state index is 5.96. The van der Waals surface area contributed by atoms with Gasteiger partial charge in [-0.25, -0.2) is 0 Å². The summed E-state index contributed by atoms with van der Waals surface area (Å²) < 4.78 is 5.96. The van der Waals surface area contributed by atoms with Gasteiger partial charge in [-0.05, 0) is 55.8 Å². The molecule has 2 aromatic carbocycles. The normalized spacial score (nSPS) is 11.2. The highest BCUT2D eigenvalue weighted by Gasteiger charge is 2.18. The van der Waals surface area contributed by atoms with E-state index in [1.165, 1.54) is 47.1 Å². The Kier molecular flexibility index (Phi) is 10.2. The van der Waals surface area contributed by atoms with Crippen LogP contribution in [0.1, 0.15) is 68.0 Å². The molecule has 0 aliphatic rings. The summed E-state index contributed by atoms with van der Waals surface area (Å²) in [6.45, 7) is 11.9. The Hall–Kier alpha value is -2.65. The van der Waals surface area contributed by atoms with Gasteiger partial charge in [0.2, 0.25) is 0 Å². The van der Waals surface area contributed by atoms with Crippen LogP contribution < -0.4 is 4.74 Å². The lowest BCUT2D eigenvalue weighted by Crippen LogP contribution is -2.27. The van der Waals surface area contributed by atoms with E-state index in [-0.39, 0.29) is 0 Å². The monoisotopic (exact) mass is 458 g/mol. The number of hydrogen-bond acceptors (Lipinski definition) is 3. The number of nitrogens with zero attached hydrogens (tertiary/aromatic N) is 2. The van der Waals surface area contributed by atoms with Gasteiger partial charge in [-0.1, -0.05) is 82.1 Å². The lowest BCUT2D eigenvalue weighted by molar-refractivity contribution is 0.257. The first kappa shape index (κ1) is 26.0. The van der Waals surface area contributed by atoms with Gasteiger partial charge in [-0.2, -0.15) is 0 Å². The number of benzene rings is 2. The Morgan fingerprint density at radius 3 is 2.18 bits per heavy atom. The first-order valence-electron chi connectivity index (χ1n) is 13.0. The highest BCUT2D eigenvalue weighted by atomic mass is 16.5. The van der Waals surface area contributed by atoms with Crippen molar-refractivity contribution in [3.63, 3.8) is 0 Å². The molecule has 0 fully saturated rings. The van der Waals surface area contributed by atoms with Crippen molar-refractivity contribution in [2.75, 3.05) is 20.2 Å². The van der Waals surface area contributed by atoms with Gasteiger partial charge in [-0.15, -0.1) is 0 Å². The van der Waals surface area contributed by atoms with Gasteiger partial charge < -0.3 is 4.74 Å². The third-order valence-electron chi connectivity index (χ3n) is 6.78. The first-order valence-corrected chi connectivity index (χ1v) is 13.0. The number of aryl methyl sites for hydroxylation is 3. The van der Waals surface area contributed by atoms with Crippen LogP contribution in [0.2, 0.25) is 0 Å². The third-order valence-corrected chi connectivity index (χ3v) is 6.78. The van der Waals surface area contributed by atoms with E-state index in [9.17, 15) is 0 Å². The molecule has 182 valence electrons. The van der Waals surface area contributed by atoms with Crippen LogP contribution in [0.4, 0.5) is 0 Å². The second-order valence-corrected chi connectivity index (χ2v) is 9.15. The molecule has 3 nitrogen and oxygen atoms in total. The summed E-state index contributed by atoms with van der Waals surface area (Å²) in [6.07, 6.45) is 6.78. The second-order valence-electron chi connectivity index (χ2n) is 9.15. The molecule has 0 aliphatic carbocycles. The molecule has 0 unspecified atom stereocenters. The van der Waals surface area contributed by atoms with E-state index >= 15 is 0 Å². The number of pyridine rings is 1. The SMILES string of the molecule is CCCCCN(CCc1ccccc1)Cc1c(OC)cc(-c2c(CC)cccc2CC)nc1C. The summed E-state index contributed by atoms with van der Waals surface area (Å²) >= 11 is 0. The van der Waals surface area contributed by atoms with Crippen molar-refractivity contribution in [3.05, 3.63) is 82.5 Å². The molecule has 0 saturated carbocycles. The fourth-order valence-corrected chi connectivity index (χ4v) is 4.75. The Morgan fingerprint density at radius 2 is 1.56 bits per heavy atom. The van der Waals surface area contributed by atoms with Crippen molar-refractivity contribution in [3.8, 4) is 17.0 Å².